The highest BCUT2D eigenvalue weighted by Gasteiger charge is 2.12. The van der Waals surface area contributed by atoms with Crippen LogP contribution in [0.25, 0.3) is 11.4 Å². The molecule has 6 nitrogen and oxygen atoms in total. The molecule has 0 saturated heterocycles. The monoisotopic (exact) mass is 372 g/mol. The van der Waals surface area contributed by atoms with Gasteiger partial charge >= 0.3 is 5.97 Å². The van der Waals surface area contributed by atoms with Gasteiger partial charge in [0.05, 0.1) is 16.8 Å². The summed E-state index contributed by atoms with van der Waals surface area (Å²) in [5, 5.41) is 16.1. The Morgan fingerprint density at radius 1 is 1.24 bits per heavy atom. The van der Waals surface area contributed by atoms with Gasteiger partial charge in [-0.3, -0.25) is 0 Å². The van der Waals surface area contributed by atoms with Crippen LogP contribution in [-0.2, 0) is 0 Å². The van der Waals surface area contributed by atoms with Crippen molar-refractivity contribution in [2.45, 2.75) is 0 Å². The van der Waals surface area contributed by atoms with Crippen molar-refractivity contribution in [3.63, 3.8) is 0 Å². The molecule has 0 unspecified atom stereocenters. The molecule has 0 bridgehead atoms. The van der Waals surface area contributed by atoms with Crippen LogP contribution in [0, 0.1) is 0 Å². The van der Waals surface area contributed by atoms with E-state index < -0.39 is 5.97 Å². The van der Waals surface area contributed by atoms with E-state index in [0.29, 0.717) is 21.5 Å². The van der Waals surface area contributed by atoms with Crippen molar-refractivity contribution in [1.29, 1.82) is 0 Å². The summed E-state index contributed by atoms with van der Waals surface area (Å²) in [6.07, 6.45) is 1.49. The lowest BCUT2D eigenvalue weighted by atomic mass is 10.1. The third-order valence-corrected chi connectivity index (χ3v) is 4.48. The normalized spacial score (nSPS) is 11.0. The summed E-state index contributed by atoms with van der Waals surface area (Å²) in [5.74, 6) is -0.472. The fourth-order valence-electron chi connectivity index (χ4n) is 2.10. The molecule has 0 aliphatic rings. The van der Waals surface area contributed by atoms with E-state index in [2.05, 4.69) is 14.5 Å². The molecule has 0 fully saturated rings. The van der Waals surface area contributed by atoms with E-state index in [-0.39, 0.29) is 5.56 Å². The number of carboxylic acids is 1. The van der Waals surface area contributed by atoms with Gasteiger partial charge in [0.1, 0.15) is 0 Å². The third kappa shape index (κ3) is 3.84. The van der Waals surface area contributed by atoms with Crippen LogP contribution in [0.1, 0.15) is 15.9 Å². The maximum Gasteiger partial charge on any atom is 0.336 e. The van der Waals surface area contributed by atoms with Crippen molar-refractivity contribution in [1.82, 2.24) is 9.36 Å². The van der Waals surface area contributed by atoms with Gasteiger partial charge in [0, 0.05) is 29.7 Å². The van der Waals surface area contributed by atoms with E-state index in [9.17, 15) is 9.90 Å². The Labute approximate surface area is 153 Å². The number of aromatic nitrogens is 2. The number of benzene rings is 2. The van der Waals surface area contributed by atoms with Crippen LogP contribution in [0.4, 0.5) is 5.13 Å². The zero-order chi connectivity index (χ0) is 17.8. The average Bonchev–Trinajstić information content (AvgIpc) is 3.10. The molecule has 25 heavy (non-hydrogen) atoms. The molecule has 0 spiro atoms. The molecule has 1 aromatic heterocycles. The zero-order valence-corrected chi connectivity index (χ0v) is 14.7. The molecule has 0 radical (unpaired) electrons. The number of carboxylic acid groups (broad SMARTS) is 1. The van der Waals surface area contributed by atoms with E-state index in [0.717, 1.165) is 5.56 Å². The first-order chi connectivity index (χ1) is 12.1. The van der Waals surface area contributed by atoms with Crippen LogP contribution in [0.15, 0.2) is 53.6 Å². The van der Waals surface area contributed by atoms with Crippen LogP contribution in [0.2, 0.25) is 5.02 Å². The SMILES string of the molecule is CN(/N=C/c1ccccc1C(=O)O)c1nc(-c2ccccc2Cl)ns1. The smallest absolute Gasteiger partial charge is 0.336 e. The maximum absolute atomic E-state index is 11.2. The molecule has 0 aliphatic carbocycles. The number of nitrogens with zero attached hydrogens (tertiary/aromatic N) is 4. The largest absolute Gasteiger partial charge is 0.478 e. The first-order valence-electron chi connectivity index (χ1n) is 7.25. The molecule has 2 aromatic carbocycles. The Balaban J connectivity index is 1.82. The number of hydrogen-bond acceptors (Lipinski definition) is 6. The van der Waals surface area contributed by atoms with Crippen LogP contribution in [-0.4, -0.2) is 33.7 Å². The molecule has 126 valence electrons. The minimum atomic E-state index is -0.998. The Morgan fingerprint density at radius 3 is 2.72 bits per heavy atom. The summed E-state index contributed by atoms with van der Waals surface area (Å²) >= 11 is 7.34. The molecule has 0 aliphatic heterocycles. The Hall–Kier alpha value is -2.77. The van der Waals surface area contributed by atoms with Crippen LogP contribution < -0.4 is 5.01 Å². The van der Waals surface area contributed by atoms with Gasteiger partial charge in [0.2, 0.25) is 5.13 Å². The van der Waals surface area contributed by atoms with E-state index in [4.69, 9.17) is 11.6 Å². The Bertz CT molecular complexity index is 942. The molecule has 1 N–H and O–H groups in total. The number of rotatable bonds is 5. The van der Waals surface area contributed by atoms with Gasteiger partial charge in [0.25, 0.3) is 0 Å². The van der Waals surface area contributed by atoms with E-state index in [1.54, 1.807) is 31.3 Å². The molecule has 3 rings (SSSR count). The van der Waals surface area contributed by atoms with E-state index in [1.165, 1.54) is 28.8 Å². The molecule has 3 aromatic rings. The van der Waals surface area contributed by atoms with Gasteiger partial charge in [-0.15, -0.1) is 0 Å². The van der Waals surface area contributed by atoms with Crippen LogP contribution in [0.3, 0.4) is 0 Å². The minimum Gasteiger partial charge on any atom is -0.478 e. The van der Waals surface area contributed by atoms with E-state index in [1.807, 2.05) is 18.2 Å². The quantitative estimate of drug-likeness (QED) is 0.540. The molecule has 0 amide bonds. The van der Waals surface area contributed by atoms with Crippen molar-refractivity contribution < 1.29 is 9.90 Å². The first kappa shape index (κ1) is 17.1. The molecular formula is C17H13ClN4O2S. The van der Waals surface area contributed by atoms with Crippen molar-refractivity contribution in [3.05, 3.63) is 64.7 Å². The Morgan fingerprint density at radius 2 is 1.96 bits per heavy atom. The number of hydrogen-bond donors (Lipinski definition) is 1. The summed E-state index contributed by atoms with van der Waals surface area (Å²) < 4.78 is 4.31. The maximum atomic E-state index is 11.2. The van der Waals surface area contributed by atoms with Gasteiger partial charge in [-0.25, -0.2) is 9.80 Å². The lowest BCUT2D eigenvalue weighted by Gasteiger charge is -2.07. The molecule has 8 heteroatoms. The number of hydrazone groups is 1. The van der Waals surface area contributed by atoms with Crippen LogP contribution >= 0.6 is 23.1 Å². The Kier molecular flexibility index (Phi) is 5.06. The van der Waals surface area contributed by atoms with Crippen molar-refractivity contribution in [2.24, 2.45) is 5.10 Å². The lowest BCUT2D eigenvalue weighted by Crippen LogP contribution is -2.09. The topological polar surface area (TPSA) is 78.7 Å². The average molecular weight is 373 g/mol. The summed E-state index contributed by atoms with van der Waals surface area (Å²) in [4.78, 5) is 15.7. The number of anilines is 1. The van der Waals surface area contributed by atoms with E-state index >= 15 is 0 Å². The highest BCUT2D eigenvalue weighted by molar-refractivity contribution is 7.09. The number of aromatic carboxylic acids is 1. The van der Waals surface area contributed by atoms with Crippen molar-refractivity contribution in [2.75, 3.05) is 12.1 Å². The number of halogens is 1. The zero-order valence-electron chi connectivity index (χ0n) is 13.1. The summed E-state index contributed by atoms with van der Waals surface area (Å²) in [7, 11) is 1.72. The predicted molar refractivity (Wildman–Crippen MR) is 99.8 cm³/mol. The highest BCUT2D eigenvalue weighted by atomic mass is 35.5. The molecule has 0 saturated carbocycles. The lowest BCUT2D eigenvalue weighted by molar-refractivity contribution is 0.0697. The molecule has 1 heterocycles. The summed E-state index contributed by atoms with van der Waals surface area (Å²) in [6.45, 7) is 0. The molecule has 0 atom stereocenters. The van der Waals surface area contributed by atoms with Gasteiger partial charge in [-0.1, -0.05) is 41.9 Å². The summed E-state index contributed by atoms with van der Waals surface area (Å²) in [6, 6.07) is 14.0. The second-order valence-corrected chi connectivity index (χ2v) is 6.18. The molecular weight excluding hydrogens is 360 g/mol. The van der Waals surface area contributed by atoms with Crippen LogP contribution in [0.5, 0.6) is 0 Å². The predicted octanol–water partition coefficient (Wildman–Crippen LogP) is 4.03. The second kappa shape index (κ2) is 7.42. The van der Waals surface area contributed by atoms with Gasteiger partial charge < -0.3 is 5.11 Å². The standard InChI is InChI=1S/C17H13ClN4O2S/c1-22(19-10-11-6-2-3-7-12(11)16(23)24)17-20-15(21-25-17)13-8-4-5-9-14(13)18/h2-10H,1H3,(H,23,24)/b19-10+. The highest BCUT2D eigenvalue weighted by Crippen LogP contribution is 2.28. The van der Waals surface area contributed by atoms with Crippen molar-refractivity contribution in [3.8, 4) is 11.4 Å². The minimum absolute atomic E-state index is 0.189. The fourth-order valence-corrected chi connectivity index (χ4v) is 2.92. The summed E-state index contributed by atoms with van der Waals surface area (Å²) in [5.41, 5.74) is 1.45. The van der Waals surface area contributed by atoms with Crippen molar-refractivity contribution >= 4 is 40.4 Å². The second-order valence-electron chi connectivity index (χ2n) is 5.04. The third-order valence-electron chi connectivity index (χ3n) is 3.37. The number of carbonyl (C=O) groups is 1. The van der Waals surface area contributed by atoms with Gasteiger partial charge in [-0.2, -0.15) is 14.5 Å². The van der Waals surface area contributed by atoms with Gasteiger partial charge in [0.15, 0.2) is 5.82 Å². The van der Waals surface area contributed by atoms with Gasteiger partial charge in [-0.05, 0) is 18.2 Å². The fraction of sp³-hybridized carbons (Fsp3) is 0.0588. The first-order valence-corrected chi connectivity index (χ1v) is 8.40.